The number of thioether (sulfide) groups is 1. The van der Waals surface area contributed by atoms with Gasteiger partial charge in [-0.2, -0.15) is 0 Å². The molecule has 6 heteroatoms. The molecule has 0 atom stereocenters. The zero-order valence-electron chi connectivity index (χ0n) is 13.6. The molecule has 0 saturated heterocycles. The molecule has 1 amide bonds. The summed E-state index contributed by atoms with van der Waals surface area (Å²) in [5.41, 5.74) is 2.47. The maximum atomic E-state index is 12.1. The van der Waals surface area contributed by atoms with Crippen molar-refractivity contribution in [1.29, 1.82) is 0 Å². The first-order valence-corrected chi connectivity index (χ1v) is 8.60. The molecular weight excluding hydrogens is 310 g/mol. The highest BCUT2D eigenvalue weighted by atomic mass is 32.2. The zero-order valence-corrected chi connectivity index (χ0v) is 14.4. The van der Waals surface area contributed by atoms with Gasteiger partial charge in [0.1, 0.15) is 0 Å². The van der Waals surface area contributed by atoms with E-state index in [4.69, 9.17) is 0 Å². The Bertz CT molecular complexity index is 741. The largest absolute Gasteiger partial charge is 0.325 e. The van der Waals surface area contributed by atoms with Crippen LogP contribution in [-0.4, -0.2) is 21.6 Å². The third kappa shape index (κ3) is 4.96. The molecular formula is C17H21N3O2S. The van der Waals surface area contributed by atoms with Crippen molar-refractivity contribution in [2.24, 2.45) is 0 Å². The van der Waals surface area contributed by atoms with Crippen LogP contribution in [0.3, 0.4) is 0 Å². The summed E-state index contributed by atoms with van der Waals surface area (Å²) in [6.07, 6.45) is 0.686. The Morgan fingerprint density at radius 2 is 2.09 bits per heavy atom. The van der Waals surface area contributed by atoms with Crippen molar-refractivity contribution in [3.63, 3.8) is 0 Å². The number of benzene rings is 1. The van der Waals surface area contributed by atoms with Gasteiger partial charge in [0.15, 0.2) is 5.16 Å². The van der Waals surface area contributed by atoms with Crippen LogP contribution in [0.1, 0.15) is 37.9 Å². The van der Waals surface area contributed by atoms with Crippen LogP contribution >= 0.6 is 11.8 Å². The lowest BCUT2D eigenvalue weighted by atomic mass is 10.0. The molecule has 0 aliphatic rings. The van der Waals surface area contributed by atoms with E-state index >= 15 is 0 Å². The number of aromatic amines is 1. The summed E-state index contributed by atoms with van der Waals surface area (Å²) in [7, 11) is 0. The van der Waals surface area contributed by atoms with E-state index in [1.54, 1.807) is 0 Å². The molecule has 0 radical (unpaired) electrons. The van der Waals surface area contributed by atoms with Crippen LogP contribution in [0.4, 0.5) is 5.69 Å². The van der Waals surface area contributed by atoms with Gasteiger partial charge in [-0.05, 0) is 24.0 Å². The fourth-order valence-corrected chi connectivity index (χ4v) is 2.86. The molecule has 0 fully saturated rings. The van der Waals surface area contributed by atoms with E-state index in [0.29, 0.717) is 17.5 Å². The van der Waals surface area contributed by atoms with Crippen LogP contribution in [0.5, 0.6) is 0 Å². The van der Waals surface area contributed by atoms with Gasteiger partial charge in [0.2, 0.25) is 5.91 Å². The molecule has 0 unspecified atom stereocenters. The SMILES string of the molecule is CCc1cc(=O)[nH]c(SCC(=O)Nc2ccccc2C(C)C)n1. The molecule has 2 N–H and O–H groups in total. The summed E-state index contributed by atoms with van der Waals surface area (Å²) in [6.45, 7) is 6.11. The van der Waals surface area contributed by atoms with Gasteiger partial charge in [-0.1, -0.05) is 50.7 Å². The quantitative estimate of drug-likeness (QED) is 0.630. The monoisotopic (exact) mass is 331 g/mol. The number of rotatable bonds is 6. The molecule has 1 aromatic carbocycles. The van der Waals surface area contributed by atoms with Crippen molar-refractivity contribution in [3.05, 3.63) is 51.9 Å². The van der Waals surface area contributed by atoms with Crippen molar-refractivity contribution >= 4 is 23.4 Å². The Hall–Kier alpha value is -2.08. The van der Waals surface area contributed by atoms with Crippen LogP contribution in [0, 0.1) is 0 Å². The van der Waals surface area contributed by atoms with E-state index in [0.717, 1.165) is 16.9 Å². The Balaban J connectivity index is 2.01. The predicted molar refractivity (Wildman–Crippen MR) is 94.1 cm³/mol. The van der Waals surface area contributed by atoms with Gasteiger partial charge in [-0.15, -0.1) is 0 Å². The first-order chi connectivity index (χ1) is 11.0. The molecule has 0 spiro atoms. The second-order valence-corrected chi connectivity index (χ2v) is 6.44. The third-order valence-electron chi connectivity index (χ3n) is 3.33. The van der Waals surface area contributed by atoms with Gasteiger partial charge in [0.05, 0.1) is 5.75 Å². The third-order valence-corrected chi connectivity index (χ3v) is 4.21. The summed E-state index contributed by atoms with van der Waals surface area (Å²) in [6, 6.07) is 9.25. The average molecular weight is 331 g/mol. The van der Waals surface area contributed by atoms with Gasteiger partial charge in [-0.3, -0.25) is 9.59 Å². The number of carbonyl (C=O) groups is 1. The molecule has 5 nitrogen and oxygen atoms in total. The lowest BCUT2D eigenvalue weighted by Crippen LogP contribution is -2.17. The summed E-state index contributed by atoms with van der Waals surface area (Å²) in [4.78, 5) is 30.6. The highest BCUT2D eigenvalue weighted by molar-refractivity contribution is 7.99. The molecule has 23 heavy (non-hydrogen) atoms. The van der Waals surface area contributed by atoms with Crippen LogP contribution in [0.15, 0.2) is 40.3 Å². The van der Waals surface area contributed by atoms with Gasteiger partial charge in [-0.25, -0.2) is 4.98 Å². The van der Waals surface area contributed by atoms with E-state index < -0.39 is 0 Å². The maximum Gasteiger partial charge on any atom is 0.251 e. The summed E-state index contributed by atoms with van der Waals surface area (Å²) in [5, 5.41) is 3.40. The lowest BCUT2D eigenvalue weighted by Gasteiger charge is -2.13. The van der Waals surface area contributed by atoms with E-state index in [9.17, 15) is 9.59 Å². The number of nitrogens with zero attached hydrogens (tertiary/aromatic N) is 1. The van der Waals surface area contributed by atoms with Gasteiger partial charge in [0.25, 0.3) is 5.56 Å². The van der Waals surface area contributed by atoms with Crippen LogP contribution < -0.4 is 10.9 Å². The Morgan fingerprint density at radius 1 is 1.35 bits per heavy atom. The zero-order chi connectivity index (χ0) is 16.8. The van der Waals surface area contributed by atoms with Crippen LogP contribution in [0.2, 0.25) is 0 Å². The fourth-order valence-electron chi connectivity index (χ4n) is 2.17. The smallest absolute Gasteiger partial charge is 0.251 e. The number of carbonyl (C=O) groups excluding carboxylic acids is 1. The Labute approximate surface area is 139 Å². The standard InChI is InChI=1S/C17H21N3O2S/c1-4-12-9-15(21)20-17(18-12)23-10-16(22)19-14-8-6-5-7-13(14)11(2)3/h5-9,11H,4,10H2,1-3H3,(H,19,22)(H,18,20,21). The van der Waals surface area contributed by atoms with Gasteiger partial charge >= 0.3 is 0 Å². The fraction of sp³-hybridized carbons (Fsp3) is 0.353. The number of amides is 1. The molecule has 0 bridgehead atoms. The van der Waals surface area contributed by atoms with E-state index in [1.165, 1.54) is 17.8 Å². The first-order valence-electron chi connectivity index (χ1n) is 7.61. The molecule has 122 valence electrons. The summed E-state index contributed by atoms with van der Waals surface area (Å²) >= 11 is 1.23. The molecule has 2 rings (SSSR count). The topological polar surface area (TPSA) is 74.8 Å². The Morgan fingerprint density at radius 3 is 2.78 bits per heavy atom. The number of nitrogens with one attached hydrogen (secondary N) is 2. The van der Waals surface area contributed by atoms with Crippen LogP contribution in [-0.2, 0) is 11.2 Å². The molecule has 2 aromatic rings. The highest BCUT2D eigenvalue weighted by Gasteiger charge is 2.10. The molecule has 0 aliphatic heterocycles. The molecule has 0 aliphatic carbocycles. The van der Waals surface area contributed by atoms with E-state index in [1.807, 2.05) is 31.2 Å². The molecule has 1 heterocycles. The number of anilines is 1. The number of aryl methyl sites for hydroxylation is 1. The maximum absolute atomic E-state index is 12.1. The normalized spacial score (nSPS) is 10.8. The number of para-hydroxylation sites is 1. The second-order valence-electron chi connectivity index (χ2n) is 5.47. The van der Waals surface area contributed by atoms with Crippen LogP contribution in [0.25, 0.3) is 0 Å². The minimum absolute atomic E-state index is 0.118. The van der Waals surface area contributed by atoms with Crippen molar-refractivity contribution in [3.8, 4) is 0 Å². The van der Waals surface area contributed by atoms with Crippen molar-refractivity contribution in [2.75, 3.05) is 11.1 Å². The van der Waals surface area contributed by atoms with Crippen molar-refractivity contribution in [2.45, 2.75) is 38.3 Å². The molecule has 1 aromatic heterocycles. The minimum atomic E-state index is -0.190. The predicted octanol–water partition coefficient (Wildman–Crippen LogP) is 3.19. The molecule has 0 saturated carbocycles. The average Bonchev–Trinajstić information content (AvgIpc) is 2.52. The summed E-state index contributed by atoms with van der Waals surface area (Å²) < 4.78 is 0. The van der Waals surface area contributed by atoms with E-state index in [2.05, 4.69) is 29.1 Å². The highest BCUT2D eigenvalue weighted by Crippen LogP contribution is 2.24. The Kier molecular flexibility index (Phi) is 5.98. The second kappa shape index (κ2) is 7.97. The van der Waals surface area contributed by atoms with Crippen molar-refractivity contribution < 1.29 is 4.79 Å². The van der Waals surface area contributed by atoms with Gasteiger partial charge < -0.3 is 10.3 Å². The summed E-state index contributed by atoms with van der Waals surface area (Å²) in [5.74, 6) is 0.411. The van der Waals surface area contributed by atoms with E-state index in [-0.39, 0.29) is 17.2 Å². The van der Waals surface area contributed by atoms with Gasteiger partial charge in [0, 0.05) is 17.4 Å². The number of hydrogen-bond acceptors (Lipinski definition) is 4. The number of aromatic nitrogens is 2. The number of hydrogen-bond donors (Lipinski definition) is 2. The number of H-pyrrole nitrogens is 1. The van der Waals surface area contributed by atoms with Crippen molar-refractivity contribution in [1.82, 2.24) is 9.97 Å². The lowest BCUT2D eigenvalue weighted by molar-refractivity contribution is -0.113. The minimum Gasteiger partial charge on any atom is -0.325 e. The first kappa shape index (κ1) is 17.3.